The maximum absolute atomic E-state index is 12.9. The van der Waals surface area contributed by atoms with Gasteiger partial charge in [0.15, 0.2) is 5.69 Å². The van der Waals surface area contributed by atoms with Gasteiger partial charge >= 0.3 is 0 Å². The molecule has 34 heavy (non-hydrogen) atoms. The molecule has 4 aromatic rings. The van der Waals surface area contributed by atoms with E-state index < -0.39 is 0 Å². The van der Waals surface area contributed by atoms with E-state index in [4.69, 9.17) is 10.1 Å². The number of hydrogen-bond acceptors (Lipinski definition) is 5. The van der Waals surface area contributed by atoms with Crippen LogP contribution in [0.4, 0.5) is 0 Å². The van der Waals surface area contributed by atoms with E-state index in [0.717, 1.165) is 47.6 Å². The summed E-state index contributed by atoms with van der Waals surface area (Å²) in [5.41, 5.74) is 6.22. The number of amides is 1. The van der Waals surface area contributed by atoms with Crippen molar-refractivity contribution in [3.8, 4) is 11.3 Å². The van der Waals surface area contributed by atoms with Crippen molar-refractivity contribution in [1.29, 1.82) is 0 Å². The van der Waals surface area contributed by atoms with Crippen LogP contribution in [0.1, 0.15) is 38.7 Å². The molecule has 0 aliphatic heterocycles. The van der Waals surface area contributed by atoms with Crippen molar-refractivity contribution in [1.82, 2.24) is 25.0 Å². The van der Waals surface area contributed by atoms with Crippen molar-refractivity contribution in [3.63, 3.8) is 0 Å². The fourth-order valence-corrected chi connectivity index (χ4v) is 5.25. The number of aromatic nitrogens is 3. The molecule has 7 heteroatoms. The second-order valence-corrected chi connectivity index (χ2v) is 9.87. The number of carbonyl (C=O) groups excluding carboxylic acids is 1. The lowest BCUT2D eigenvalue weighted by molar-refractivity contribution is 0.0820. The fraction of sp³-hybridized carbons (Fsp3) is 0.296. The summed E-state index contributed by atoms with van der Waals surface area (Å²) in [6.07, 6.45) is 2.72. The fourth-order valence-electron chi connectivity index (χ4n) is 4.50. The zero-order chi connectivity index (χ0) is 23.5. The van der Waals surface area contributed by atoms with E-state index in [-0.39, 0.29) is 5.91 Å². The van der Waals surface area contributed by atoms with Crippen LogP contribution >= 0.6 is 11.3 Å². The van der Waals surface area contributed by atoms with Crippen LogP contribution in [-0.4, -0.2) is 45.7 Å². The van der Waals surface area contributed by atoms with Crippen LogP contribution in [0.2, 0.25) is 0 Å². The van der Waals surface area contributed by atoms with Crippen molar-refractivity contribution in [2.24, 2.45) is 0 Å². The molecule has 174 valence electrons. The molecule has 0 saturated carbocycles. The highest BCUT2D eigenvalue weighted by Gasteiger charge is 2.29. The molecule has 5 rings (SSSR count). The van der Waals surface area contributed by atoms with E-state index in [1.807, 2.05) is 41.1 Å². The van der Waals surface area contributed by atoms with Crippen molar-refractivity contribution in [3.05, 3.63) is 93.6 Å². The molecular formula is C27H29N5OS. The number of fused-ring (bicyclic) bond motifs is 1. The minimum atomic E-state index is -0.0314. The molecule has 2 aromatic heterocycles. The summed E-state index contributed by atoms with van der Waals surface area (Å²) < 4.78 is 2.03. The molecule has 1 amide bonds. The van der Waals surface area contributed by atoms with Gasteiger partial charge in [-0.3, -0.25) is 9.48 Å². The molecular weight excluding hydrogens is 442 g/mol. The topological polar surface area (TPSA) is 63.1 Å². The molecule has 1 atom stereocenters. The van der Waals surface area contributed by atoms with Gasteiger partial charge in [-0.25, -0.2) is 4.98 Å². The van der Waals surface area contributed by atoms with Gasteiger partial charge in [-0.1, -0.05) is 60.7 Å². The highest BCUT2D eigenvalue weighted by atomic mass is 32.1. The van der Waals surface area contributed by atoms with Crippen molar-refractivity contribution >= 4 is 17.2 Å². The number of carbonyl (C=O) groups is 1. The van der Waals surface area contributed by atoms with Gasteiger partial charge in [-0.05, 0) is 24.8 Å². The van der Waals surface area contributed by atoms with Crippen molar-refractivity contribution < 1.29 is 4.79 Å². The number of thiazole rings is 1. The highest BCUT2D eigenvalue weighted by molar-refractivity contribution is 7.09. The predicted octanol–water partition coefficient (Wildman–Crippen LogP) is 4.40. The maximum atomic E-state index is 12.9. The first kappa shape index (κ1) is 22.5. The summed E-state index contributed by atoms with van der Waals surface area (Å²) in [5, 5.41) is 11.7. The predicted molar refractivity (Wildman–Crippen MR) is 136 cm³/mol. The Morgan fingerprint density at radius 2 is 1.85 bits per heavy atom. The second kappa shape index (κ2) is 9.91. The number of benzene rings is 2. The van der Waals surface area contributed by atoms with Gasteiger partial charge in [-0.2, -0.15) is 5.10 Å². The summed E-state index contributed by atoms with van der Waals surface area (Å²) >= 11 is 1.69. The minimum absolute atomic E-state index is 0.0314. The normalized spacial score (nSPS) is 15.2. The molecule has 2 aromatic carbocycles. The van der Waals surface area contributed by atoms with Crippen molar-refractivity contribution in [2.45, 2.75) is 38.4 Å². The number of rotatable bonds is 7. The molecule has 0 unspecified atom stereocenters. The van der Waals surface area contributed by atoms with Crippen LogP contribution in [0.5, 0.6) is 0 Å². The van der Waals surface area contributed by atoms with Gasteiger partial charge in [0.25, 0.3) is 5.91 Å². The smallest absolute Gasteiger partial charge is 0.274 e. The zero-order valence-corrected chi connectivity index (χ0v) is 20.4. The van der Waals surface area contributed by atoms with E-state index in [1.54, 1.807) is 30.3 Å². The average molecular weight is 472 g/mol. The number of nitrogens with one attached hydrogen (secondary N) is 1. The molecule has 1 aliphatic carbocycles. The Morgan fingerprint density at radius 3 is 2.59 bits per heavy atom. The lowest BCUT2D eigenvalue weighted by atomic mass is 9.91. The van der Waals surface area contributed by atoms with E-state index >= 15 is 0 Å². The highest BCUT2D eigenvalue weighted by Crippen LogP contribution is 2.27. The Labute approximate surface area is 204 Å². The Kier molecular flexibility index (Phi) is 6.56. The third-order valence-electron chi connectivity index (χ3n) is 6.29. The number of hydrogen-bond donors (Lipinski definition) is 1. The molecule has 1 aliphatic rings. The largest absolute Gasteiger partial charge is 0.343 e. The van der Waals surface area contributed by atoms with Gasteiger partial charge in [0.2, 0.25) is 0 Å². The van der Waals surface area contributed by atoms with E-state index in [1.165, 1.54) is 11.3 Å². The molecule has 0 saturated heterocycles. The summed E-state index contributed by atoms with van der Waals surface area (Å²) in [6.45, 7) is 1.41. The van der Waals surface area contributed by atoms with Crippen LogP contribution < -0.4 is 5.32 Å². The molecule has 0 fully saturated rings. The van der Waals surface area contributed by atoms with Gasteiger partial charge in [0, 0.05) is 48.9 Å². The summed E-state index contributed by atoms with van der Waals surface area (Å²) in [6, 6.07) is 20.9. The zero-order valence-electron chi connectivity index (χ0n) is 19.6. The van der Waals surface area contributed by atoms with Gasteiger partial charge < -0.3 is 10.2 Å². The number of nitrogens with zero attached hydrogens (tertiary/aromatic N) is 4. The second-order valence-electron chi connectivity index (χ2n) is 8.93. The minimum Gasteiger partial charge on any atom is -0.343 e. The quantitative estimate of drug-likeness (QED) is 0.434. The SMILES string of the molecule is CN(C)C(=O)c1nn(Cc2ccccc2)c2c1C[C@H](NCc1nc(-c3ccccc3)cs1)CC2. The molecule has 0 spiro atoms. The monoisotopic (exact) mass is 471 g/mol. The van der Waals surface area contributed by atoms with Crippen LogP contribution in [-0.2, 0) is 25.9 Å². The van der Waals surface area contributed by atoms with Gasteiger partial charge in [0.1, 0.15) is 5.01 Å². The standard InChI is InChI=1S/C27H29N5OS/c1-31(2)27(33)26-22-15-21(13-14-24(22)32(30-26)17-19-9-5-3-6-10-19)28-16-25-29-23(18-34-25)20-11-7-4-8-12-20/h3-12,18,21,28H,13-17H2,1-2H3/t21-/m1/s1. The Hall–Kier alpha value is -3.29. The molecule has 1 N–H and O–H groups in total. The van der Waals surface area contributed by atoms with Gasteiger partial charge in [0.05, 0.1) is 12.2 Å². The van der Waals surface area contributed by atoms with Crippen molar-refractivity contribution in [2.75, 3.05) is 14.1 Å². The van der Waals surface area contributed by atoms with Gasteiger partial charge in [-0.15, -0.1) is 11.3 Å². The van der Waals surface area contributed by atoms with Crippen LogP contribution in [0.25, 0.3) is 11.3 Å². The van der Waals surface area contributed by atoms with Crippen LogP contribution in [0, 0.1) is 0 Å². The maximum Gasteiger partial charge on any atom is 0.274 e. The molecule has 0 radical (unpaired) electrons. The summed E-state index contributed by atoms with van der Waals surface area (Å²) in [4.78, 5) is 19.4. The van der Waals surface area contributed by atoms with Crippen LogP contribution in [0.3, 0.4) is 0 Å². The average Bonchev–Trinajstić information content (AvgIpc) is 3.48. The Balaban J connectivity index is 1.31. The lowest BCUT2D eigenvalue weighted by Crippen LogP contribution is -2.35. The van der Waals surface area contributed by atoms with E-state index in [9.17, 15) is 4.79 Å². The first-order valence-corrected chi connectivity index (χ1v) is 12.5. The van der Waals surface area contributed by atoms with Crippen LogP contribution in [0.15, 0.2) is 66.0 Å². The first-order valence-electron chi connectivity index (χ1n) is 11.7. The molecule has 2 heterocycles. The van der Waals surface area contributed by atoms with E-state index in [0.29, 0.717) is 18.3 Å². The summed E-state index contributed by atoms with van der Waals surface area (Å²) in [7, 11) is 3.58. The molecule has 0 bridgehead atoms. The molecule has 6 nitrogen and oxygen atoms in total. The first-order chi connectivity index (χ1) is 16.6. The third kappa shape index (κ3) is 4.81. The van der Waals surface area contributed by atoms with E-state index in [2.05, 4.69) is 35.0 Å². The summed E-state index contributed by atoms with van der Waals surface area (Å²) in [5.74, 6) is -0.0314. The third-order valence-corrected chi connectivity index (χ3v) is 7.14. The Morgan fingerprint density at radius 1 is 1.12 bits per heavy atom. The Bertz CT molecular complexity index is 1260. The lowest BCUT2D eigenvalue weighted by Gasteiger charge is -2.24.